The number of carbonyl (C=O) groups is 2. The lowest BCUT2D eigenvalue weighted by atomic mass is 10.2. The number of ether oxygens (including phenoxy) is 1. The average Bonchev–Trinajstić information content (AvgIpc) is 3.31. The quantitative estimate of drug-likeness (QED) is 0.497. The first kappa shape index (κ1) is 25.6. The van der Waals surface area contributed by atoms with Crippen LogP contribution in [-0.2, 0) is 14.3 Å². The van der Waals surface area contributed by atoms with E-state index in [-0.39, 0.29) is 24.3 Å². The Kier molecular flexibility index (Phi) is 8.51. The summed E-state index contributed by atoms with van der Waals surface area (Å²) in [6.07, 6.45) is 1.93. The minimum Gasteiger partial charge on any atom is -0.379 e. The Hall–Kier alpha value is -3.49. The highest BCUT2D eigenvalue weighted by Crippen LogP contribution is 2.24. The van der Waals surface area contributed by atoms with Crippen molar-refractivity contribution < 1.29 is 14.3 Å². The summed E-state index contributed by atoms with van der Waals surface area (Å²) in [7, 11) is 0. The molecule has 3 aromatic rings. The van der Waals surface area contributed by atoms with Gasteiger partial charge in [0, 0.05) is 49.5 Å². The highest BCUT2D eigenvalue weighted by atomic mass is 16.5. The lowest BCUT2D eigenvalue weighted by molar-refractivity contribution is -0.137. The van der Waals surface area contributed by atoms with Crippen LogP contribution in [0.3, 0.4) is 0 Å². The summed E-state index contributed by atoms with van der Waals surface area (Å²) in [4.78, 5) is 34.8. The van der Waals surface area contributed by atoms with Gasteiger partial charge in [-0.15, -0.1) is 0 Å². The van der Waals surface area contributed by atoms with Gasteiger partial charge in [-0.05, 0) is 24.6 Å². The molecule has 1 aliphatic rings. The molecule has 2 aromatic carbocycles. The molecule has 0 aliphatic carbocycles. The minimum absolute atomic E-state index is 0.0251. The van der Waals surface area contributed by atoms with Crippen LogP contribution in [0.2, 0.25) is 0 Å². The molecule has 1 N–H and O–H groups in total. The summed E-state index contributed by atoms with van der Waals surface area (Å²) in [6, 6.07) is 17.9. The fourth-order valence-corrected chi connectivity index (χ4v) is 4.25. The van der Waals surface area contributed by atoms with Gasteiger partial charge in [0.15, 0.2) is 0 Å². The van der Waals surface area contributed by atoms with Gasteiger partial charge >= 0.3 is 0 Å². The van der Waals surface area contributed by atoms with Gasteiger partial charge in [-0.25, -0.2) is 4.98 Å². The summed E-state index contributed by atoms with van der Waals surface area (Å²) in [5.41, 5.74) is 3.73. The highest BCUT2D eigenvalue weighted by molar-refractivity contribution is 5.94. The maximum Gasteiger partial charge on any atom is 0.246 e. The zero-order chi connectivity index (χ0) is 25.5. The Labute approximate surface area is 212 Å². The Balaban J connectivity index is 1.53. The van der Waals surface area contributed by atoms with E-state index in [2.05, 4.69) is 10.2 Å². The van der Waals surface area contributed by atoms with Gasteiger partial charge in [-0.3, -0.25) is 24.4 Å². The van der Waals surface area contributed by atoms with Crippen LogP contribution in [-0.4, -0.2) is 77.1 Å². The largest absolute Gasteiger partial charge is 0.379 e. The number of anilines is 1. The second kappa shape index (κ2) is 12.0. The van der Waals surface area contributed by atoms with Crippen molar-refractivity contribution in [1.29, 1.82) is 0 Å². The fraction of sp³-hybridized carbons (Fsp3) is 0.393. The number of nitrogens with zero attached hydrogens (tertiary/aromatic N) is 4. The molecule has 0 radical (unpaired) electrons. The molecule has 36 heavy (non-hydrogen) atoms. The monoisotopic (exact) mass is 489 g/mol. The van der Waals surface area contributed by atoms with Crippen molar-refractivity contribution in [2.45, 2.75) is 20.8 Å². The van der Waals surface area contributed by atoms with E-state index in [9.17, 15) is 9.59 Å². The van der Waals surface area contributed by atoms with E-state index < -0.39 is 0 Å². The van der Waals surface area contributed by atoms with Crippen molar-refractivity contribution in [1.82, 2.24) is 19.4 Å². The SMILES string of the molecule is Cc1cccc(-n2cc(-c3ccccc3)nc2NC(=O)CN(CCN2CCOCC2)C(=O)C(C)C)c1. The zero-order valence-corrected chi connectivity index (χ0v) is 21.3. The van der Waals surface area contributed by atoms with Crippen LogP contribution in [0.25, 0.3) is 16.9 Å². The Morgan fingerprint density at radius 3 is 2.53 bits per heavy atom. The highest BCUT2D eigenvalue weighted by Gasteiger charge is 2.23. The molecule has 2 heterocycles. The molecule has 0 saturated carbocycles. The summed E-state index contributed by atoms with van der Waals surface area (Å²) < 4.78 is 7.30. The number of hydrogen-bond acceptors (Lipinski definition) is 5. The van der Waals surface area contributed by atoms with Crippen LogP contribution in [0.5, 0.6) is 0 Å². The molecule has 1 saturated heterocycles. The summed E-state index contributed by atoms with van der Waals surface area (Å²) in [5, 5.41) is 2.97. The van der Waals surface area contributed by atoms with Crippen LogP contribution in [0, 0.1) is 12.8 Å². The van der Waals surface area contributed by atoms with Gasteiger partial charge in [-0.2, -0.15) is 0 Å². The number of imidazole rings is 1. The number of benzene rings is 2. The Morgan fingerprint density at radius 1 is 1.08 bits per heavy atom. The average molecular weight is 490 g/mol. The predicted octanol–water partition coefficient (Wildman–Crippen LogP) is 3.60. The van der Waals surface area contributed by atoms with Crippen LogP contribution in [0.15, 0.2) is 60.8 Å². The molecular weight excluding hydrogens is 454 g/mol. The summed E-state index contributed by atoms with van der Waals surface area (Å²) >= 11 is 0. The number of amides is 2. The van der Waals surface area contributed by atoms with Crippen molar-refractivity contribution in [3.05, 3.63) is 66.4 Å². The second-order valence-electron chi connectivity index (χ2n) is 9.44. The molecule has 1 aliphatic heterocycles. The van der Waals surface area contributed by atoms with E-state index in [0.29, 0.717) is 32.3 Å². The molecule has 4 rings (SSSR count). The first-order chi connectivity index (χ1) is 17.4. The normalized spacial score (nSPS) is 14.1. The molecule has 0 unspecified atom stereocenters. The van der Waals surface area contributed by atoms with Crippen molar-refractivity contribution in [2.75, 3.05) is 51.3 Å². The predicted molar refractivity (Wildman–Crippen MR) is 141 cm³/mol. The van der Waals surface area contributed by atoms with Gasteiger partial charge in [-0.1, -0.05) is 56.3 Å². The van der Waals surface area contributed by atoms with Gasteiger partial charge in [0.25, 0.3) is 0 Å². The number of carbonyl (C=O) groups excluding carboxylic acids is 2. The van der Waals surface area contributed by atoms with Crippen LogP contribution in [0.4, 0.5) is 5.95 Å². The second-order valence-corrected chi connectivity index (χ2v) is 9.44. The molecule has 1 aromatic heterocycles. The molecule has 0 spiro atoms. The summed E-state index contributed by atoms with van der Waals surface area (Å²) in [6.45, 7) is 10.0. The van der Waals surface area contributed by atoms with Crippen molar-refractivity contribution in [2.24, 2.45) is 5.92 Å². The lowest BCUT2D eigenvalue weighted by Gasteiger charge is -2.30. The van der Waals surface area contributed by atoms with Gasteiger partial charge < -0.3 is 9.64 Å². The third kappa shape index (κ3) is 6.59. The van der Waals surface area contributed by atoms with Gasteiger partial charge in [0.05, 0.1) is 25.5 Å². The van der Waals surface area contributed by atoms with E-state index in [1.807, 2.05) is 86.1 Å². The third-order valence-electron chi connectivity index (χ3n) is 6.24. The first-order valence-corrected chi connectivity index (χ1v) is 12.5. The topological polar surface area (TPSA) is 79.7 Å². The maximum atomic E-state index is 13.2. The Morgan fingerprint density at radius 2 is 1.83 bits per heavy atom. The fourth-order valence-electron chi connectivity index (χ4n) is 4.25. The van der Waals surface area contributed by atoms with E-state index in [4.69, 9.17) is 9.72 Å². The van der Waals surface area contributed by atoms with Crippen molar-refractivity contribution in [3.8, 4) is 16.9 Å². The molecule has 8 heteroatoms. The number of rotatable bonds is 9. The van der Waals surface area contributed by atoms with Gasteiger partial charge in [0.2, 0.25) is 17.8 Å². The summed E-state index contributed by atoms with van der Waals surface area (Å²) in [5.74, 6) is -0.0773. The van der Waals surface area contributed by atoms with Crippen molar-refractivity contribution >= 4 is 17.8 Å². The lowest BCUT2D eigenvalue weighted by Crippen LogP contribution is -2.46. The Bertz CT molecular complexity index is 1170. The van der Waals surface area contributed by atoms with E-state index in [0.717, 1.165) is 35.6 Å². The molecule has 190 valence electrons. The van der Waals surface area contributed by atoms with Crippen LogP contribution >= 0.6 is 0 Å². The third-order valence-corrected chi connectivity index (χ3v) is 6.24. The van der Waals surface area contributed by atoms with E-state index in [1.165, 1.54) is 0 Å². The smallest absolute Gasteiger partial charge is 0.246 e. The number of aromatic nitrogens is 2. The van der Waals surface area contributed by atoms with E-state index >= 15 is 0 Å². The van der Waals surface area contributed by atoms with E-state index in [1.54, 1.807) is 4.90 Å². The molecule has 2 amide bonds. The maximum absolute atomic E-state index is 13.2. The molecule has 0 bridgehead atoms. The number of morpholine rings is 1. The number of hydrogen-bond donors (Lipinski definition) is 1. The molecule has 1 fully saturated rings. The first-order valence-electron chi connectivity index (χ1n) is 12.5. The standard InChI is InChI=1S/C28H35N5O3/c1-21(2)27(35)32(13-12-31-14-16-36-17-15-31)20-26(34)30-28-29-25(23-9-5-4-6-10-23)19-33(28)24-11-7-8-22(3)18-24/h4-11,18-19,21H,12-17,20H2,1-3H3,(H,29,30,34). The van der Waals surface area contributed by atoms with Crippen LogP contribution in [0.1, 0.15) is 19.4 Å². The van der Waals surface area contributed by atoms with Crippen LogP contribution < -0.4 is 5.32 Å². The minimum atomic E-state index is -0.273. The molecular formula is C28H35N5O3. The molecule has 8 nitrogen and oxygen atoms in total. The number of nitrogens with one attached hydrogen (secondary N) is 1. The zero-order valence-electron chi connectivity index (χ0n) is 21.3. The molecule has 0 atom stereocenters. The van der Waals surface area contributed by atoms with Crippen molar-refractivity contribution in [3.63, 3.8) is 0 Å². The number of aryl methyl sites for hydroxylation is 1. The van der Waals surface area contributed by atoms with Gasteiger partial charge in [0.1, 0.15) is 0 Å².